The van der Waals surface area contributed by atoms with Gasteiger partial charge in [-0.05, 0) is 0 Å². The van der Waals surface area contributed by atoms with Crippen LogP contribution >= 0.6 is 0 Å². The van der Waals surface area contributed by atoms with E-state index in [9.17, 15) is 0 Å². The van der Waals surface area contributed by atoms with Crippen molar-refractivity contribution in [2.24, 2.45) is 0 Å². The Morgan fingerprint density at radius 2 is 0.750 bits per heavy atom. The first-order chi connectivity index (χ1) is 0. The van der Waals surface area contributed by atoms with E-state index in [1.807, 2.05) is 0 Å². The van der Waals surface area contributed by atoms with Crippen molar-refractivity contribution in [3.8, 4) is 0 Å². The van der Waals surface area contributed by atoms with Crippen LogP contribution in [-0.4, -0.2) is 109 Å². The molecule has 0 rings (SSSR count). The largest absolute Gasteiger partial charge is 0.870 e. The van der Waals surface area contributed by atoms with Crippen LogP contribution in [0, 0.1) is 0 Å². The van der Waals surface area contributed by atoms with Crippen molar-refractivity contribution in [2.45, 2.75) is 0 Å². The van der Waals surface area contributed by atoms with Gasteiger partial charge in [0.25, 0.3) is 0 Å². The van der Waals surface area contributed by atoms with Gasteiger partial charge in [0.1, 0.15) is 0 Å². The number of hydrogen-bond donors (Lipinski definition) is 0. The minimum atomic E-state index is 0. The van der Waals surface area contributed by atoms with Gasteiger partial charge in [-0.3, -0.25) is 0 Å². The topological polar surface area (TPSA) is 60.0 Å². The predicted molar refractivity (Wildman–Crippen MR) is 18.2 cm³/mol. The van der Waals surface area contributed by atoms with Crippen LogP contribution in [0.1, 0.15) is 0 Å². The van der Waals surface area contributed by atoms with Crippen LogP contribution in [0.3, 0.4) is 0 Å². The summed E-state index contributed by atoms with van der Waals surface area (Å²) < 4.78 is 0. The third-order valence-corrected chi connectivity index (χ3v) is 0. The molecule has 4 heavy (non-hydrogen) atoms. The maximum absolute atomic E-state index is 0. The molecule has 0 atom stereocenters. The van der Waals surface area contributed by atoms with Gasteiger partial charge >= 0.3 is 97.8 Å². The second kappa shape index (κ2) is 16.6. The van der Waals surface area contributed by atoms with Gasteiger partial charge in [0.05, 0.1) is 0 Å². The van der Waals surface area contributed by atoms with Crippen molar-refractivity contribution in [3.05, 3.63) is 0 Å². The molecule has 0 radical (unpaired) electrons. The second-order valence-corrected chi connectivity index (χ2v) is 0. The van der Waals surface area contributed by atoms with Crippen molar-refractivity contribution in [1.82, 2.24) is 0 Å². The summed E-state index contributed by atoms with van der Waals surface area (Å²) in [5.74, 6) is 0. The molecule has 20 valence electrons. The molecule has 0 heterocycles. The van der Waals surface area contributed by atoms with Gasteiger partial charge in [0.15, 0.2) is 0 Å². The summed E-state index contributed by atoms with van der Waals surface area (Å²) in [4.78, 5) is 0. The van der Waals surface area contributed by atoms with Gasteiger partial charge in [0.2, 0.25) is 0 Å². The summed E-state index contributed by atoms with van der Waals surface area (Å²) in [6.45, 7) is 0. The van der Waals surface area contributed by atoms with Crippen LogP contribution in [0.4, 0.5) is 0 Å². The average Bonchev–Trinajstić information content (AvgIpc) is 0. The molecule has 0 aliphatic heterocycles. The van der Waals surface area contributed by atoms with Gasteiger partial charge in [-0.1, -0.05) is 0 Å². The first-order valence-electron chi connectivity index (χ1n) is 0. The minimum Gasteiger partial charge on any atom is -0.870 e. The SMILES string of the molecule is [Ba+2].[BaH2].[OH-].[OH-]. The summed E-state index contributed by atoms with van der Waals surface area (Å²) in [5, 5.41) is 0. The summed E-state index contributed by atoms with van der Waals surface area (Å²) in [6.07, 6.45) is 0. The van der Waals surface area contributed by atoms with Crippen LogP contribution < -0.4 is 0 Å². The van der Waals surface area contributed by atoms with Crippen LogP contribution in [0.2, 0.25) is 0 Å². The summed E-state index contributed by atoms with van der Waals surface area (Å²) >= 11 is 0. The van der Waals surface area contributed by atoms with E-state index >= 15 is 0 Å². The fourth-order valence-electron chi connectivity index (χ4n) is 0. The average molecular weight is 311 g/mol. The molecule has 0 saturated carbocycles. The quantitative estimate of drug-likeness (QED) is 0.503. The van der Waals surface area contributed by atoms with Gasteiger partial charge in [-0.15, -0.1) is 0 Å². The third-order valence-electron chi connectivity index (χ3n) is 0. The first kappa shape index (κ1) is 27.7. The van der Waals surface area contributed by atoms with Gasteiger partial charge in [0, 0.05) is 0 Å². The molecule has 0 spiro atoms. The Morgan fingerprint density at radius 3 is 0.750 bits per heavy atom. The maximum Gasteiger partial charge on any atom is -0.870 e. The number of rotatable bonds is 0. The van der Waals surface area contributed by atoms with Crippen molar-refractivity contribution in [2.75, 3.05) is 0 Å². The zero-order valence-electron chi connectivity index (χ0n) is 1.60. The molecule has 0 fully saturated rings. The smallest absolute Gasteiger partial charge is 0.870 e. The molecular formula is H4Ba2O2. The standard InChI is InChI=1S/2Ba.2H2O.2H/h;;2*1H2;;/q;+2;;;;/p-2. The molecule has 0 amide bonds. The fraction of sp³-hybridized carbons (Fsp3) is 0. The van der Waals surface area contributed by atoms with Crippen molar-refractivity contribution in [1.29, 1.82) is 0 Å². The molecular weight excluding hydrogens is 307 g/mol. The summed E-state index contributed by atoms with van der Waals surface area (Å²) in [5.41, 5.74) is 0. The Labute approximate surface area is 105 Å². The van der Waals surface area contributed by atoms with Crippen LogP contribution in [0.25, 0.3) is 0 Å². The molecule has 2 N–H and O–H groups in total. The number of hydrogen-bond acceptors (Lipinski definition) is 2. The Balaban J connectivity index is 0. The van der Waals surface area contributed by atoms with Crippen molar-refractivity contribution in [3.63, 3.8) is 0 Å². The molecule has 0 aliphatic rings. The Hall–Kier alpha value is 3.06. The van der Waals surface area contributed by atoms with Crippen LogP contribution in [0.15, 0.2) is 0 Å². The van der Waals surface area contributed by atoms with E-state index in [2.05, 4.69) is 0 Å². The summed E-state index contributed by atoms with van der Waals surface area (Å²) in [7, 11) is 0. The molecule has 0 aromatic rings. The normalized spacial score (nSPS) is 0. The zero-order chi connectivity index (χ0) is 0. The molecule has 0 aliphatic carbocycles. The van der Waals surface area contributed by atoms with E-state index in [1.54, 1.807) is 0 Å². The van der Waals surface area contributed by atoms with Crippen molar-refractivity contribution < 1.29 is 11.0 Å². The zero-order valence-corrected chi connectivity index (χ0v) is 6.04. The van der Waals surface area contributed by atoms with Gasteiger partial charge < -0.3 is 11.0 Å². The van der Waals surface area contributed by atoms with Gasteiger partial charge in [-0.2, -0.15) is 0 Å². The summed E-state index contributed by atoms with van der Waals surface area (Å²) in [6, 6.07) is 0. The van der Waals surface area contributed by atoms with Crippen LogP contribution in [0.5, 0.6) is 0 Å². The van der Waals surface area contributed by atoms with E-state index in [0.29, 0.717) is 0 Å². The van der Waals surface area contributed by atoms with Crippen molar-refractivity contribution >= 4 is 97.8 Å². The van der Waals surface area contributed by atoms with E-state index in [-0.39, 0.29) is 109 Å². The minimum absolute atomic E-state index is 0. The molecule has 0 aromatic heterocycles. The Kier molecular flexibility index (Phi) is 115. The van der Waals surface area contributed by atoms with E-state index in [0.717, 1.165) is 0 Å². The van der Waals surface area contributed by atoms with E-state index < -0.39 is 0 Å². The molecule has 2 nitrogen and oxygen atoms in total. The monoisotopic (exact) mass is 312 g/mol. The molecule has 0 saturated heterocycles. The van der Waals surface area contributed by atoms with Crippen LogP contribution in [-0.2, 0) is 0 Å². The van der Waals surface area contributed by atoms with Gasteiger partial charge in [-0.25, -0.2) is 0 Å². The predicted octanol–water partition coefficient (Wildman–Crippen LogP) is -1.65. The Morgan fingerprint density at radius 1 is 0.750 bits per heavy atom. The van der Waals surface area contributed by atoms with E-state index in [4.69, 9.17) is 0 Å². The maximum atomic E-state index is 0. The molecule has 0 unspecified atom stereocenters. The Bertz CT molecular complexity index is 4.00. The first-order valence-corrected chi connectivity index (χ1v) is 0. The molecule has 4 heteroatoms. The molecule has 0 aromatic carbocycles. The third kappa shape index (κ3) is 8.91. The second-order valence-electron chi connectivity index (χ2n) is 0. The molecule has 0 bridgehead atoms. The fourth-order valence-corrected chi connectivity index (χ4v) is 0. The van der Waals surface area contributed by atoms with E-state index in [1.165, 1.54) is 0 Å².